The molecule has 112 valence electrons. The maximum absolute atomic E-state index is 11.6. The van der Waals surface area contributed by atoms with Crippen molar-refractivity contribution < 1.29 is 14.3 Å². The molecule has 1 aliphatic heterocycles. The molecule has 1 atom stereocenters. The van der Waals surface area contributed by atoms with E-state index >= 15 is 0 Å². The zero-order valence-electron chi connectivity index (χ0n) is 12.1. The Morgan fingerprint density at radius 1 is 1.20 bits per heavy atom. The van der Waals surface area contributed by atoms with E-state index in [1.807, 2.05) is 0 Å². The van der Waals surface area contributed by atoms with Gasteiger partial charge in [-0.1, -0.05) is 38.0 Å². The van der Waals surface area contributed by atoms with E-state index in [2.05, 4.69) is 11.9 Å². The maximum Gasteiger partial charge on any atom is 0.331 e. The third kappa shape index (κ3) is 7.77. The lowest BCUT2D eigenvalue weighted by Gasteiger charge is -2.12. The van der Waals surface area contributed by atoms with Gasteiger partial charge >= 0.3 is 5.97 Å². The molecule has 0 saturated carbocycles. The molecule has 1 unspecified atom stereocenters. The van der Waals surface area contributed by atoms with Crippen LogP contribution in [0.5, 0.6) is 0 Å². The molecule has 0 aromatic heterocycles. The van der Waals surface area contributed by atoms with Crippen molar-refractivity contribution in [3.63, 3.8) is 0 Å². The summed E-state index contributed by atoms with van der Waals surface area (Å²) in [4.78, 5) is 23.0. The third-order valence-electron chi connectivity index (χ3n) is 3.31. The van der Waals surface area contributed by atoms with E-state index in [-0.39, 0.29) is 18.0 Å². The minimum Gasteiger partial charge on any atom is -0.455 e. The number of carbonyl (C=O) groups is 2. The number of rotatable bonds is 1. The lowest BCUT2D eigenvalue weighted by atomic mass is 10.1. The van der Waals surface area contributed by atoms with Crippen molar-refractivity contribution in [2.75, 3.05) is 6.54 Å². The van der Waals surface area contributed by atoms with Gasteiger partial charge in [0.25, 0.3) is 0 Å². The Hall–Kier alpha value is -1.58. The first-order chi connectivity index (χ1) is 9.72. The first kappa shape index (κ1) is 16.5. The zero-order chi connectivity index (χ0) is 14.6. The summed E-state index contributed by atoms with van der Waals surface area (Å²) in [7, 11) is 0. The predicted molar refractivity (Wildman–Crippen MR) is 79.2 cm³/mol. The second kappa shape index (κ2) is 10.2. The molecule has 0 saturated heterocycles. The molecule has 4 heteroatoms. The van der Waals surface area contributed by atoms with Crippen molar-refractivity contribution in [3.8, 4) is 0 Å². The van der Waals surface area contributed by atoms with E-state index in [1.54, 1.807) is 12.2 Å². The number of ether oxygens (including phenoxy) is 1. The molecule has 1 heterocycles. The molecule has 1 aliphatic rings. The summed E-state index contributed by atoms with van der Waals surface area (Å²) in [5, 5.41) is 2.84. The fraction of sp³-hybridized carbons (Fsp3) is 0.625. The van der Waals surface area contributed by atoms with Crippen molar-refractivity contribution in [1.82, 2.24) is 5.32 Å². The molecule has 0 aliphatic carbocycles. The Kier molecular flexibility index (Phi) is 8.43. The van der Waals surface area contributed by atoms with Crippen LogP contribution in [-0.2, 0) is 14.3 Å². The van der Waals surface area contributed by atoms with Gasteiger partial charge < -0.3 is 10.1 Å². The highest BCUT2D eigenvalue weighted by Gasteiger charge is 2.08. The maximum atomic E-state index is 11.6. The predicted octanol–water partition coefficient (Wildman–Crippen LogP) is 2.89. The molecule has 1 N–H and O–H groups in total. The number of hydrogen-bond donors (Lipinski definition) is 1. The van der Waals surface area contributed by atoms with Crippen LogP contribution in [0.1, 0.15) is 51.4 Å². The van der Waals surface area contributed by atoms with E-state index in [0.717, 1.165) is 38.5 Å². The topological polar surface area (TPSA) is 55.4 Å². The lowest BCUT2D eigenvalue weighted by Crippen LogP contribution is -2.23. The van der Waals surface area contributed by atoms with Crippen LogP contribution in [-0.4, -0.2) is 24.5 Å². The van der Waals surface area contributed by atoms with E-state index in [0.29, 0.717) is 19.4 Å². The van der Waals surface area contributed by atoms with Gasteiger partial charge in [0.1, 0.15) is 6.10 Å². The largest absolute Gasteiger partial charge is 0.455 e. The third-order valence-corrected chi connectivity index (χ3v) is 3.31. The number of amides is 1. The molecule has 0 aromatic carbocycles. The van der Waals surface area contributed by atoms with Crippen LogP contribution in [0.4, 0.5) is 0 Å². The van der Waals surface area contributed by atoms with Crippen molar-refractivity contribution in [1.29, 1.82) is 0 Å². The average Bonchev–Trinajstić information content (AvgIpc) is 2.43. The minimum absolute atomic E-state index is 0.0970. The smallest absolute Gasteiger partial charge is 0.331 e. The van der Waals surface area contributed by atoms with E-state index < -0.39 is 0 Å². The summed E-state index contributed by atoms with van der Waals surface area (Å²) in [5.41, 5.74) is 0. The Morgan fingerprint density at radius 3 is 2.75 bits per heavy atom. The fourth-order valence-corrected chi connectivity index (χ4v) is 2.14. The number of esters is 1. The van der Waals surface area contributed by atoms with Crippen LogP contribution in [0.25, 0.3) is 0 Å². The van der Waals surface area contributed by atoms with Gasteiger partial charge in [0.2, 0.25) is 5.91 Å². The number of cyclic esters (lactones) is 1. The van der Waals surface area contributed by atoms with Gasteiger partial charge in [-0.2, -0.15) is 0 Å². The van der Waals surface area contributed by atoms with Crippen LogP contribution in [0.2, 0.25) is 0 Å². The van der Waals surface area contributed by atoms with Crippen LogP contribution >= 0.6 is 0 Å². The molecule has 1 rings (SSSR count). The number of nitrogens with one attached hydrogen (secondary N) is 1. The second-order valence-electron chi connectivity index (χ2n) is 5.06. The molecular formula is C16H25NO3. The lowest BCUT2D eigenvalue weighted by molar-refractivity contribution is -0.141. The van der Waals surface area contributed by atoms with Gasteiger partial charge in [0, 0.05) is 19.0 Å². The molecule has 4 nitrogen and oxygen atoms in total. The Bertz CT molecular complexity index is 350. The molecule has 0 spiro atoms. The second-order valence-corrected chi connectivity index (χ2v) is 5.06. The normalized spacial score (nSPS) is 25.3. The first-order valence-electron chi connectivity index (χ1n) is 7.49. The van der Waals surface area contributed by atoms with E-state index in [1.165, 1.54) is 6.08 Å². The van der Waals surface area contributed by atoms with Crippen LogP contribution in [0.3, 0.4) is 0 Å². The summed E-state index contributed by atoms with van der Waals surface area (Å²) >= 11 is 0. The highest BCUT2D eigenvalue weighted by Crippen LogP contribution is 2.11. The Morgan fingerprint density at radius 2 is 1.95 bits per heavy atom. The summed E-state index contributed by atoms with van der Waals surface area (Å²) in [6.45, 7) is 4.27. The molecule has 0 fully saturated rings. The first-order valence-corrected chi connectivity index (χ1v) is 7.49. The zero-order valence-corrected chi connectivity index (χ0v) is 12.1. The van der Waals surface area contributed by atoms with Gasteiger partial charge in [-0.15, -0.1) is 0 Å². The van der Waals surface area contributed by atoms with Gasteiger partial charge in [-0.25, -0.2) is 4.79 Å². The van der Waals surface area contributed by atoms with Crippen LogP contribution < -0.4 is 5.32 Å². The average molecular weight is 279 g/mol. The van der Waals surface area contributed by atoms with E-state index in [9.17, 15) is 9.59 Å². The Balaban J connectivity index is 2.46. The van der Waals surface area contributed by atoms with Crippen molar-refractivity contribution in [3.05, 3.63) is 24.8 Å². The summed E-state index contributed by atoms with van der Waals surface area (Å²) in [5.74, 6) is -0.242. The number of carbonyl (C=O) groups excluding carboxylic acids is 2. The SMILES string of the molecule is C=CC1CCCCCCCC(=O)NCC/C=C/C(=O)O1. The van der Waals surface area contributed by atoms with Crippen molar-refractivity contribution in [2.45, 2.75) is 57.5 Å². The van der Waals surface area contributed by atoms with Gasteiger partial charge in [0.05, 0.1) is 0 Å². The highest BCUT2D eigenvalue weighted by atomic mass is 16.5. The van der Waals surface area contributed by atoms with E-state index in [4.69, 9.17) is 4.74 Å². The fourth-order valence-electron chi connectivity index (χ4n) is 2.14. The molecule has 1 amide bonds. The molecular weight excluding hydrogens is 254 g/mol. The summed E-state index contributed by atoms with van der Waals surface area (Å²) in [6, 6.07) is 0. The van der Waals surface area contributed by atoms with Gasteiger partial charge in [0.15, 0.2) is 0 Å². The molecule has 0 aromatic rings. The standard InChI is InChI=1S/C16H25NO3/c1-2-14-10-6-4-3-5-7-11-15(18)17-13-9-8-12-16(19)20-14/h2,8,12,14H,1,3-7,9-11,13H2,(H,17,18)/b12-8+. The quantitative estimate of drug-likeness (QED) is 0.593. The van der Waals surface area contributed by atoms with Crippen LogP contribution in [0.15, 0.2) is 24.8 Å². The highest BCUT2D eigenvalue weighted by molar-refractivity contribution is 5.82. The summed E-state index contributed by atoms with van der Waals surface area (Å²) in [6.07, 6.45) is 12.0. The van der Waals surface area contributed by atoms with Gasteiger partial charge in [-0.3, -0.25) is 4.79 Å². The molecule has 0 bridgehead atoms. The van der Waals surface area contributed by atoms with Gasteiger partial charge in [-0.05, 0) is 25.7 Å². The molecule has 0 radical (unpaired) electrons. The number of hydrogen-bond acceptors (Lipinski definition) is 3. The minimum atomic E-state index is -0.340. The Labute approximate surface area is 121 Å². The summed E-state index contributed by atoms with van der Waals surface area (Å²) < 4.78 is 5.29. The molecule has 20 heavy (non-hydrogen) atoms. The van der Waals surface area contributed by atoms with Crippen molar-refractivity contribution in [2.24, 2.45) is 0 Å². The van der Waals surface area contributed by atoms with Crippen LogP contribution in [0, 0.1) is 0 Å². The van der Waals surface area contributed by atoms with Crippen molar-refractivity contribution >= 4 is 11.9 Å². The monoisotopic (exact) mass is 279 g/mol.